The van der Waals surface area contributed by atoms with E-state index >= 15 is 0 Å². The van der Waals surface area contributed by atoms with Crippen molar-refractivity contribution in [2.75, 3.05) is 0 Å². The highest BCUT2D eigenvalue weighted by atomic mass is 35.5. The molecule has 0 atom stereocenters. The third-order valence-electron chi connectivity index (χ3n) is 3.73. The minimum atomic E-state index is -0.439. The SMILES string of the molecule is Fc1ccc(OCc2ccc(-c3nc(-c4ccc(Cl)cc4Cl)no3)o2)c(Cl)c1. The Morgan fingerprint density at radius 3 is 2.61 bits per heavy atom. The molecule has 5 nitrogen and oxygen atoms in total. The number of nitrogens with zero attached hydrogens (tertiary/aromatic N) is 2. The fourth-order valence-electron chi connectivity index (χ4n) is 2.42. The maximum atomic E-state index is 13.1. The van der Waals surface area contributed by atoms with Crippen LogP contribution in [0.1, 0.15) is 5.76 Å². The summed E-state index contributed by atoms with van der Waals surface area (Å²) < 4.78 is 29.5. The van der Waals surface area contributed by atoms with E-state index in [0.29, 0.717) is 38.7 Å². The molecule has 28 heavy (non-hydrogen) atoms. The lowest BCUT2D eigenvalue weighted by Crippen LogP contribution is -1.94. The summed E-state index contributed by atoms with van der Waals surface area (Å²) in [6.07, 6.45) is 0. The molecule has 142 valence electrons. The first-order valence-electron chi connectivity index (χ1n) is 7.95. The van der Waals surface area contributed by atoms with Gasteiger partial charge in [-0.2, -0.15) is 4.98 Å². The Bertz CT molecular complexity index is 1140. The second-order valence-corrected chi connectivity index (χ2v) is 6.93. The summed E-state index contributed by atoms with van der Waals surface area (Å²) in [6.45, 7) is 0.0926. The van der Waals surface area contributed by atoms with Gasteiger partial charge in [0.1, 0.15) is 23.9 Å². The lowest BCUT2D eigenvalue weighted by Gasteiger charge is -2.05. The van der Waals surface area contributed by atoms with Crippen molar-refractivity contribution in [2.24, 2.45) is 0 Å². The first kappa shape index (κ1) is 18.8. The van der Waals surface area contributed by atoms with E-state index < -0.39 is 5.82 Å². The van der Waals surface area contributed by atoms with Crippen molar-refractivity contribution in [3.63, 3.8) is 0 Å². The van der Waals surface area contributed by atoms with Crippen LogP contribution in [0.4, 0.5) is 4.39 Å². The number of hydrogen-bond donors (Lipinski definition) is 0. The molecule has 2 aromatic heterocycles. The molecule has 0 spiro atoms. The van der Waals surface area contributed by atoms with Crippen LogP contribution in [0.15, 0.2) is 57.5 Å². The largest absolute Gasteiger partial charge is 0.484 e. The number of halogens is 4. The normalized spacial score (nSPS) is 11.0. The summed E-state index contributed by atoms with van der Waals surface area (Å²) in [5, 5.41) is 5.01. The van der Waals surface area contributed by atoms with E-state index in [-0.39, 0.29) is 17.5 Å². The Kier molecular flexibility index (Phi) is 5.26. The molecule has 9 heteroatoms. The zero-order chi connectivity index (χ0) is 19.7. The second-order valence-electron chi connectivity index (χ2n) is 5.68. The molecule has 0 bridgehead atoms. The first-order chi connectivity index (χ1) is 13.5. The van der Waals surface area contributed by atoms with Crippen LogP contribution >= 0.6 is 34.8 Å². The van der Waals surface area contributed by atoms with Crippen LogP contribution in [0.3, 0.4) is 0 Å². The Balaban J connectivity index is 1.49. The van der Waals surface area contributed by atoms with Gasteiger partial charge in [-0.25, -0.2) is 4.39 Å². The molecule has 4 aromatic rings. The van der Waals surface area contributed by atoms with Crippen molar-refractivity contribution in [3.05, 3.63) is 75.2 Å². The van der Waals surface area contributed by atoms with Crippen LogP contribution in [-0.4, -0.2) is 10.1 Å². The molecular weight excluding hydrogens is 430 g/mol. The summed E-state index contributed by atoms with van der Waals surface area (Å²) in [5.41, 5.74) is 0.585. The van der Waals surface area contributed by atoms with Crippen LogP contribution < -0.4 is 4.74 Å². The molecule has 0 saturated carbocycles. The van der Waals surface area contributed by atoms with E-state index in [1.807, 2.05) is 0 Å². The van der Waals surface area contributed by atoms with Crippen molar-refractivity contribution >= 4 is 34.8 Å². The number of aromatic nitrogens is 2. The highest BCUT2D eigenvalue weighted by Gasteiger charge is 2.16. The van der Waals surface area contributed by atoms with Gasteiger partial charge in [0.2, 0.25) is 5.82 Å². The third kappa shape index (κ3) is 3.99. The van der Waals surface area contributed by atoms with E-state index in [0.717, 1.165) is 0 Å². The van der Waals surface area contributed by atoms with Crippen LogP contribution in [0.2, 0.25) is 15.1 Å². The van der Waals surface area contributed by atoms with Gasteiger partial charge in [0.15, 0.2) is 5.76 Å². The number of hydrogen-bond acceptors (Lipinski definition) is 5. The number of furan rings is 1. The topological polar surface area (TPSA) is 61.3 Å². The zero-order valence-corrected chi connectivity index (χ0v) is 16.2. The predicted octanol–water partition coefficient (Wildman–Crippen LogP) is 6.67. The molecule has 4 rings (SSSR count). The van der Waals surface area contributed by atoms with Gasteiger partial charge in [0, 0.05) is 10.6 Å². The molecule has 0 amide bonds. The van der Waals surface area contributed by atoms with Crippen molar-refractivity contribution in [3.8, 4) is 28.8 Å². The molecule has 0 aliphatic carbocycles. The van der Waals surface area contributed by atoms with Gasteiger partial charge in [-0.05, 0) is 48.5 Å². The summed E-state index contributed by atoms with van der Waals surface area (Å²) >= 11 is 18.0. The average molecular weight is 440 g/mol. The molecule has 0 saturated heterocycles. The molecule has 2 heterocycles. The Hall–Kier alpha value is -2.54. The molecule has 0 N–H and O–H groups in total. The first-order valence-corrected chi connectivity index (χ1v) is 9.09. The minimum absolute atomic E-state index is 0.0926. The number of benzene rings is 2. The summed E-state index contributed by atoms with van der Waals surface area (Å²) in [4.78, 5) is 4.29. The van der Waals surface area contributed by atoms with E-state index in [4.69, 9.17) is 48.5 Å². The predicted molar refractivity (Wildman–Crippen MR) is 103 cm³/mol. The third-order valence-corrected chi connectivity index (χ3v) is 4.58. The maximum absolute atomic E-state index is 13.1. The fourth-order valence-corrected chi connectivity index (χ4v) is 3.13. The van der Waals surface area contributed by atoms with Crippen molar-refractivity contribution in [1.29, 1.82) is 0 Å². The lowest BCUT2D eigenvalue weighted by atomic mass is 10.2. The van der Waals surface area contributed by atoms with Gasteiger partial charge in [-0.15, -0.1) is 0 Å². The van der Waals surface area contributed by atoms with Crippen molar-refractivity contribution in [1.82, 2.24) is 10.1 Å². The molecule has 0 radical (unpaired) electrons. The highest BCUT2D eigenvalue weighted by molar-refractivity contribution is 6.36. The second kappa shape index (κ2) is 7.83. The Morgan fingerprint density at radius 1 is 0.964 bits per heavy atom. The van der Waals surface area contributed by atoms with Gasteiger partial charge in [-0.3, -0.25) is 0 Å². The average Bonchev–Trinajstić information content (AvgIpc) is 3.30. The minimum Gasteiger partial charge on any atom is -0.484 e. The molecule has 2 aromatic carbocycles. The standard InChI is InChI=1S/C19H10Cl3FN2O3/c20-10-1-4-13(14(21)7-10)18-24-19(28-25-18)17-6-3-12(27-17)9-26-16-5-2-11(23)8-15(16)22/h1-8H,9H2. The summed E-state index contributed by atoms with van der Waals surface area (Å²) in [5.74, 6) is 1.27. The van der Waals surface area contributed by atoms with Crippen molar-refractivity contribution < 1.29 is 18.1 Å². The van der Waals surface area contributed by atoms with E-state index in [1.165, 1.54) is 18.2 Å². The smallest absolute Gasteiger partial charge is 0.293 e. The van der Waals surface area contributed by atoms with E-state index in [2.05, 4.69) is 10.1 Å². The van der Waals surface area contributed by atoms with Gasteiger partial charge < -0.3 is 13.7 Å². The molecule has 0 fully saturated rings. The number of rotatable bonds is 5. The van der Waals surface area contributed by atoms with Crippen LogP contribution in [-0.2, 0) is 6.61 Å². The van der Waals surface area contributed by atoms with Crippen LogP contribution in [0.5, 0.6) is 5.75 Å². The monoisotopic (exact) mass is 438 g/mol. The van der Waals surface area contributed by atoms with Gasteiger partial charge in [0.25, 0.3) is 5.89 Å². The van der Waals surface area contributed by atoms with Gasteiger partial charge in [-0.1, -0.05) is 40.0 Å². The van der Waals surface area contributed by atoms with Gasteiger partial charge in [0.05, 0.1) is 10.0 Å². The van der Waals surface area contributed by atoms with Crippen molar-refractivity contribution in [2.45, 2.75) is 6.61 Å². The van der Waals surface area contributed by atoms with Crippen LogP contribution in [0.25, 0.3) is 23.0 Å². The van der Waals surface area contributed by atoms with E-state index in [1.54, 1.807) is 30.3 Å². The molecule has 0 unspecified atom stereocenters. The van der Waals surface area contributed by atoms with Gasteiger partial charge >= 0.3 is 0 Å². The molecular formula is C19H10Cl3FN2O3. The summed E-state index contributed by atoms with van der Waals surface area (Å²) in [6, 6.07) is 12.2. The molecule has 0 aliphatic rings. The Labute approximate surface area is 173 Å². The zero-order valence-electron chi connectivity index (χ0n) is 14.0. The maximum Gasteiger partial charge on any atom is 0.293 e. The molecule has 0 aliphatic heterocycles. The number of ether oxygens (including phenoxy) is 1. The summed E-state index contributed by atoms with van der Waals surface area (Å²) in [7, 11) is 0. The van der Waals surface area contributed by atoms with Crippen LogP contribution in [0, 0.1) is 5.82 Å². The fraction of sp³-hybridized carbons (Fsp3) is 0.0526. The Morgan fingerprint density at radius 2 is 1.82 bits per heavy atom. The highest BCUT2D eigenvalue weighted by Crippen LogP contribution is 2.31. The quantitative estimate of drug-likeness (QED) is 0.347. The lowest BCUT2D eigenvalue weighted by molar-refractivity contribution is 0.270. The van der Waals surface area contributed by atoms with E-state index in [9.17, 15) is 4.39 Å².